The topological polar surface area (TPSA) is 40.6 Å². The summed E-state index contributed by atoms with van der Waals surface area (Å²) in [4.78, 5) is 4.69. The Hall–Kier alpha value is -0.425. The number of ether oxygens (including phenoxy) is 1. The quantitative estimate of drug-likeness (QED) is 0.777. The predicted molar refractivity (Wildman–Crippen MR) is 76.0 cm³/mol. The van der Waals surface area contributed by atoms with Crippen LogP contribution in [0.25, 0.3) is 0 Å². The van der Waals surface area contributed by atoms with Crippen molar-refractivity contribution in [3.8, 4) is 0 Å². The molecule has 0 aromatic carbocycles. The van der Waals surface area contributed by atoms with Crippen molar-refractivity contribution in [3.05, 3.63) is 10.4 Å². The van der Waals surface area contributed by atoms with E-state index in [1.165, 1.54) is 0 Å². The Labute approximate surface area is 118 Å². The third kappa shape index (κ3) is 2.35. The maximum atomic E-state index is 6.02. The molecule has 4 nitrogen and oxygen atoms in total. The first-order valence-corrected chi connectivity index (χ1v) is 7.66. The molecule has 2 aliphatic heterocycles. The fourth-order valence-corrected chi connectivity index (χ4v) is 3.23. The summed E-state index contributed by atoms with van der Waals surface area (Å²) >= 11 is 1.68. The van der Waals surface area contributed by atoms with Crippen molar-refractivity contribution in [2.45, 2.75) is 51.2 Å². The molecule has 2 fully saturated rings. The molecule has 0 radical (unpaired) electrons. The summed E-state index contributed by atoms with van der Waals surface area (Å²) in [5.74, 6) is 0.446. The predicted octanol–water partition coefficient (Wildman–Crippen LogP) is 1.95. The molecule has 1 atom stereocenters. The zero-order valence-corrected chi connectivity index (χ0v) is 12.8. The molecule has 0 bridgehead atoms. The second-order valence-corrected chi connectivity index (χ2v) is 7.15. The highest BCUT2D eigenvalue weighted by Gasteiger charge is 2.52. The van der Waals surface area contributed by atoms with E-state index in [4.69, 9.17) is 19.0 Å². The van der Waals surface area contributed by atoms with Gasteiger partial charge in [0.25, 0.3) is 0 Å². The third-order valence-corrected chi connectivity index (χ3v) is 5.34. The van der Waals surface area contributed by atoms with Crippen LogP contribution in [0.4, 0.5) is 0 Å². The first kappa shape index (κ1) is 13.6. The van der Waals surface area contributed by atoms with Gasteiger partial charge in [0.2, 0.25) is 0 Å². The van der Waals surface area contributed by atoms with Gasteiger partial charge < -0.3 is 14.0 Å². The Bertz CT molecular complexity index is 452. The Kier molecular flexibility index (Phi) is 3.25. The van der Waals surface area contributed by atoms with Crippen LogP contribution in [0.2, 0.25) is 0 Å². The number of hydrogen-bond acceptors (Lipinski definition) is 5. The Morgan fingerprint density at radius 1 is 1.26 bits per heavy atom. The van der Waals surface area contributed by atoms with E-state index in [0.717, 1.165) is 30.2 Å². The molecule has 1 aromatic heterocycles. The molecular formula is C13H20BNO3S. The van der Waals surface area contributed by atoms with Crippen LogP contribution in [0.3, 0.4) is 0 Å². The maximum Gasteiger partial charge on any atom is 0.515 e. The van der Waals surface area contributed by atoms with Gasteiger partial charge in [-0.1, -0.05) is 0 Å². The summed E-state index contributed by atoms with van der Waals surface area (Å²) in [6.07, 6.45) is 1.07. The second-order valence-electron chi connectivity index (χ2n) is 6.26. The number of hydrogen-bond donors (Lipinski definition) is 0. The van der Waals surface area contributed by atoms with Crippen molar-refractivity contribution in [1.82, 2.24) is 4.98 Å². The fraction of sp³-hybridized carbons (Fsp3) is 0.769. The van der Waals surface area contributed by atoms with Crippen molar-refractivity contribution in [2.75, 3.05) is 13.2 Å². The van der Waals surface area contributed by atoms with E-state index in [1.54, 1.807) is 11.3 Å². The van der Waals surface area contributed by atoms with Crippen molar-refractivity contribution < 1.29 is 14.0 Å². The van der Waals surface area contributed by atoms with Gasteiger partial charge in [-0.2, -0.15) is 0 Å². The van der Waals surface area contributed by atoms with Gasteiger partial charge in [0.15, 0.2) is 0 Å². The van der Waals surface area contributed by atoms with E-state index in [1.807, 2.05) is 0 Å². The lowest BCUT2D eigenvalue weighted by atomic mass is 9.86. The molecule has 0 saturated carbocycles. The zero-order chi connectivity index (χ0) is 13.7. The lowest BCUT2D eigenvalue weighted by Gasteiger charge is -2.32. The van der Waals surface area contributed by atoms with Gasteiger partial charge in [-0.15, -0.1) is 11.3 Å². The molecule has 2 aliphatic rings. The largest absolute Gasteiger partial charge is 0.515 e. The molecule has 0 spiro atoms. The maximum absolute atomic E-state index is 6.02. The van der Waals surface area contributed by atoms with Crippen molar-refractivity contribution >= 4 is 24.0 Å². The van der Waals surface area contributed by atoms with E-state index in [-0.39, 0.29) is 18.3 Å². The minimum absolute atomic E-state index is 0.308. The van der Waals surface area contributed by atoms with Crippen molar-refractivity contribution in [2.24, 2.45) is 0 Å². The normalized spacial score (nSPS) is 29.1. The molecule has 6 heteroatoms. The van der Waals surface area contributed by atoms with Crippen molar-refractivity contribution in [3.63, 3.8) is 0 Å². The average Bonchev–Trinajstić information content (AvgIpc) is 3.00. The van der Waals surface area contributed by atoms with E-state index in [0.29, 0.717) is 5.92 Å². The molecule has 0 aliphatic carbocycles. The molecule has 104 valence electrons. The Balaban J connectivity index is 1.77. The van der Waals surface area contributed by atoms with Crippen LogP contribution < -0.4 is 5.59 Å². The second kappa shape index (κ2) is 4.55. The van der Waals surface area contributed by atoms with Gasteiger partial charge in [0, 0.05) is 17.9 Å². The number of thiazole rings is 1. The molecule has 3 heterocycles. The van der Waals surface area contributed by atoms with Crippen LogP contribution in [0.1, 0.15) is 45.0 Å². The van der Waals surface area contributed by atoms with Gasteiger partial charge in [-0.05, 0) is 34.1 Å². The highest BCUT2D eigenvalue weighted by atomic mass is 32.1. The molecule has 19 heavy (non-hydrogen) atoms. The lowest BCUT2D eigenvalue weighted by Crippen LogP contribution is -2.41. The SMILES string of the molecule is CC1(C)OB(c2csc(C3CCOC3)n2)OC1(C)C. The molecule has 0 amide bonds. The molecule has 3 rings (SSSR count). The fourth-order valence-electron chi connectivity index (χ4n) is 2.29. The van der Waals surface area contributed by atoms with Crippen LogP contribution in [0, 0.1) is 0 Å². The van der Waals surface area contributed by atoms with E-state index < -0.39 is 0 Å². The van der Waals surface area contributed by atoms with E-state index >= 15 is 0 Å². The Morgan fingerprint density at radius 3 is 2.53 bits per heavy atom. The highest BCUT2D eigenvalue weighted by Crippen LogP contribution is 2.36. The molecule has 0 N–H and O–H groups in total. The highest BCUT2D eigenvalue weighted by molar-refractivity contribution is 7.10. The first-order chi connectivity index (χ1) is 8.89. The molecular weight excluding hydrogens is 261 g/mol. The molecule has 1 unspecified atom stereocenters. The smallest absolute Gasteiger partial charge is 0.398 e. The summed E-state index contributed by atoms with van der Waals surface area (Å²) in [7, 11) is -0.350. The average molecular weight is 281 g/mol. The monoisotopic (exact) mass is 281 g/mol. The molecule has 1 aromatic rings. The van der Waals surface area contributed by atoms with Crippen molar-refractivity contribution in [1.29, 1.82) is 0 Å². The van der Waals surface area contributed by atoms with Gasteiger partial charge in [-0.25, -0.2) is 4.98 Å². The minimum atomic E-state index is -0.350. The zero-order valence-electron chi connectivity index (χ0n) is 11.9. The number of aromatic nitrogens is 1. The van der Waals surface area contributed by atoms with Crippen LogP contribution >= 0.6 is 11.3 Å². The molecule has 2 saturated heterocycles. The minimum Gasteiger partial charge on any atom is -0.398 e. The first-order valence-electron chi connectivity index (χ1n) is 6.78. The van der Waals surface area contributed by atoms with Crippen LogP contribution in [0.15, 0.2) is 5.38 Å². The van der Waals surface area contributed by atoms with E-state index in [2.05, 4.69) is 33.1 Å². The van der Waals surface area contributed by atoms with Crippen LogP contribution in [-0.4, -0.2) is 36.5 Å². The van der Waals surface area contributed by atoms with Gasteiger partial charge in [0.1, 0.15) is 0 Å². The summed E-state index contributed by atoms with van der Waals surface area (Å²) in [6, 6.07) is 0. The standard InChI is InChI=1S/C13H20BNO3S/c1-12(2)13(3,4)18-14(17-12)10-8-19-11(15-10)9-5-6-16-7-9/h8-9H,5-7H2,1-4H3. The Morgan fingerprint density at radius 2 is 1.95 bits per heavy atom. The van der Waals surface area contributed by atoms with Crippen LogP contribution in [-0.2, 0) is 14.0 Å². The summed E-state index contributed by atoms with van der Waals surface area (Å²) in [5, 5.41) is 3.19. The number of rotatable bonds is 2. The van der Waals surface area contributed by atoms with Gasteiger partial charge in [-0.3, -0.25) is 0 Å². The van der Waals surface area contributed by atoms with E-state index in [9.17, 15) is 0 Å². The van der Waals surface area contributed by atoms with Gasteiger partial charge in [0.05, 0.1) is 28.4 Å². The lowest BCUT2D eigenvalue weighted by molar-refractivity contribution is 0.00578. The summed E-state index contributed by atoms with van der Waals surface area (Å²) in [6.45, 7) is 9.87. The van der Waals surface area contributed by atoms with Crippen LogP contribution in [0.5, 0.6) is 0 Å². The van der Waals surface area contributed by atoms with Gasteiger partial charge >= 0.3 is 7.12 Å². The third-order valence-electron chi connectivity index (χ3n) is 4.31. The summed E-state index contributed by atoms with van der Waals surface area (Å²) < 4.78 is 17.5. The summed E-state index contributed by atoms with van der Waals surface area (Å²) in [5.41, 5.74) is 0.279. The number of nitrogens with zero attached hydrogens (tertiary/aromatic N) is 1.